The summed E-state index contributed by atoms with van der Waals surface area (Å²) in [6.45, 7) is 2.96. The molecule has 3 heterocycles. The molecule has 148 valence electrons. The molecule has 6 nitrogen and oxygen atoms in total. The fraction of sp³-hybridized carbons (Fsp3) is 0.273. The average molecular weight is 407 g/mol. The molecule has 0 radical (unpaired) electrons. The molecule has 0 spiro atoms. The second kappa shape index (κ2) is 7.40. The summed E-state index contributed by atoms with van der Waals surface area (Å²) in [7, 11) is 0. The molecule has 0 saturated carbocycles. The van der Waals surface area contributed by atoms with Crippen LogP contribution in [0.5, 0.6) is 11.5 Å². The van der Waals surface area contributed by atoms with Crippen LogP contribution in [0.25, 0.3) is 0 Å². The Morgan fingerprint density at radius 3 is 2.72 bits per heavy atom. The fourth-order valence-electron chi connectivity index (χ4n) is 3.82. The number of hydrogen-bond donors (Lipinski definition) is 1. The fourth-order valence-corrected chi connectivity index (χ4v) is 4.79. The Morgan fingerprint density at radius 1 is 1.14 bits per heavy atom. The van der Waals surface area contributed by atoms with E-state index in [1.165, 1.54) is 11.1 Å². The first-order chi connectivity index (χ1) is 14.2. The Labute approximate surface area is 172 Å². The minimum atomic E-state index is -0.402. The van der Waals surface area contributed by atoms with E-state index in [2.05, 4.69) is 22.0 Å². The topological polar surface area (TPSA) is 77.7 Å². The maximum Gasteiger partial charge on any atom is 0.248 e. The van der Waals surface area contributed by atoms with Gasteiger partial charge in [0.1, 0.15) is 13.2 Å². The van der Waals surface area contributed by atoms with Crippen molar-refractivity contribution in [2.45, 2.75) is 19.4 Å². The Hall–Kier alpha value is -3.06. The van der Waals surface area contributed by atoms with Gasteiger partial charge in [-0.25, -0.2) is 4.98 Å². The van der Waals surface area contributed by atoms with Crippen LogP contribution in [0.15, 0.2) is 42.6 Å². The third-order valence-corrected chi connectivity index (χ3v) is 6.34. The molecule has 0 bridgehead atoms. The van der Waals surface area contributed by atoms with Crippen molar-refractivity contribution in [2.75, 3.05) is 24.7 Å². The lowest BCUT2D eigenvalue weighted by molar-refractivity contribution is 0.1000. The summed E-state index contributed by atoms with van der Waals surface area (Å²) in [6, 6.07) is 11.7. The number of fused-ring (bicyclic) bond motifs is 2. The molecule has 5 rings (SSSR count). The van der Waals surface area contributed by atoms with Crippen molar-refractivity contribution < 1.29 is 14.3 Å². The van der Waals surface area contributed by atoms with Gasteiger partial charge in [0, 0.05) is 36.1 Å². The molecule has 1 amide bonds. The largest absolute Gasteiger partial charge is 0.486 e. The smallest absolute Gasteiger partial charge is 0.248 e. The third kappa shape index (κ3) is 3.65. The number of aromatic nitrogens is 1. The summed E-state index contributed by atoms with van der Waals surface area (Å²) >= 11 is 1.69. The van der Waals surface area contributed by atoms with Gasteiger partial charge in [0.2, 0.25) is 5.91 Å². The number of hydrogen-bond acceptors (Lipinski definition) is 6. The summed E-state index contributed by atoms with van der Waals surface area (Å²) in [5.74, 6) is 1.30. The Morgan fingerprint density at radius 2 is 1.93 bits per heavy atom. The van der Waals surface area contributed by atoms with E-state index in [4.69, 9.17) is 15.2 Å². The second-order valence-electron chi connectivity index (χ2n) is 7.29. The molecule has 2 aromatic carbocycles. The van der Waals surface area contributed by atoms with Gasteiger partial charge >= 0.3 is 0 Å². The van der Waals surface area contributed by atoms with Crippen LogP contribution >= 0.6 is 11.3 Å². The number of rotatable bonds is 4. The van der Waals surface area contributed by atoms with Crippen LogP contribution in [0.4, 0.5) is 5.13 Å². The van der Waals surface area contributed by atoms with Gasteiger partial charge in [-0.1, -0.05) is 12.1 Å². The van der Waals surface area contributed by atoms with Crippen molar-refractivity contribution in [3.8, 4) is 11.5 Å². The number of amides is 1. The van der Waals surface area contributed by atoms with Gasteiger partial charge in [-0.3, -0.25) is 4.79 Å². The standard InChI is InChI=1S/C22H21N3O3S/c23-21(26)16-3-1-2-14(8-16)9-18-12-24-22(29-18)25-5-4-15-10-19-20(11-17(15)13-25)28-7-6-27-19/h1-3,8,10-12H,4-7,9,13H2,(H2,23,26). The van der Waals surface area contributed by atoms with Crippen LogP contribution in [-0.4, -0.2) is 30.6 Å². The molecule has 7 heteroatoms. The first-order valence-corrected chi connectivity index (χ1v) is 10.5. The molecular weight excluding hydrogens is 386 g/mol. The minimum Gasteiger partial charge on any atom is -0.486 e. The predicted octanol–water partition coefficient (Wildman–Crippen LogP) is 3.17. The summed E-state index contributed by atoms with van der Waals surface area (Å²) in [5.41, 5.74) is 9.58. The zero-order valence-corrected chi connectivity index (χ0v) is 16.7. The Kier molecular flexibility index (Phi) is 4.60. The number of thiazole rings is 1. The molecule has 2 aliphatic heterocycles. The average Bonchev–Trinajstić information content (AvgIpc) is 3.20. The van der Waals surface area contributed by atoms with Crippen molar-refractivity contribution >= 4 is 22.4 Å². The number of anilines is 1. The van der Waals surface area contributed by atoms with E-state index in [9.17, 15) is 4.79 Å². The zero-order valence-electron chi connectivity index (χ0n) is 15.9. The number of nitrogens with zero attached hydrogens (tertiary/aromatic N) is 2. The van der Waals surface area contributed by atoms with Crippen molar-refractivity contribution in [3.05, 3.63) is 69.7 Å². The molecule has 0 fully saturated rings. The van der Waals surface area contributed by atoms with Crippen LogP contribution in [0.1, 0.15) is 31.9 Å². The predicted molar refractivity (Wildman–Crippen MR) is 112 cm³/mol. The van der Waals surface area contributed by atoms with Gasteiger partial charge in [-0.15, -0.1) is 11.3 Å². The maximum atomic E-state index is 11.4. The molecule has 0 aliphatic carbocycles. The number of primary amides is 1. The lowest BCUT2D eigenvalue weighted by atomic mass is 9.99. The van der Waals surface area contributed by atoms with Gasteiger partial charge in [0.25, 0.3) is 0 Å². The van der Waals surface area contributed by atoms with Crippen LogP contribution < -0.4 is 20.1 Å². The molecule has 3 aromatic rings. The zero-order chi connectivity index (χ0) is 19.8. The van der Waals surface area contributed by atoms with E-state index in [1.807, 2.05) is 24.4 Å². The van der Waals surface area contributed by atoms with Gasteiger partial charge in [-0.2, -0.15) is 0 Å². The Bertz CT molecular complexity index is 1080. The molecule has 2 aliphatic rings. The first-order valence-electron chi connectivity index (χ1n) is 9.65. The van der Waals surface area contributed by atoms with Crippen molar-refractivity contribution in [1.82, 2.24) is 4.98 Å². The quantitative estimate of drug-likeness (QED) is 0.719. The van der Waals surface area contributed by atoms with E-state index in [-0.39, 0.29) is 0 Å². The molecule has 2 N–H and O–H groups in total. The number of nitrogens with two attached hydrogens (primary N) is 1. The molecule has 0 saturated heterocycles. The van der Waals surface area contributed by atoms with Gasteiger partial charge in [0.15, 0.2) is 16.6 Å². The maximum absolute atomic E-state index is 11.4. The van der Waals surface area contributed by atoms with Crippen molar-refractivity contribution in [1.29, 1.82) is 0 Å². The third-order valence-electron chi connectivity index (χ3n) is 5.28. The number of carbonyl (C=O) groups excluding carboxylic acids is 1. The van der Waals surface area contributed by atoms with Gasteiger partial charge < -0.3 is 20.1 Å². The molecule has 0 atom stereocenters. The molecule has 0 unspecified atom stereocenters. The van der Waals surface area contributed by atoms with Crippen LogP contribution in [0.2, 0.25) is 0 Å². The monoisotopic (exact) mass is 407 g/mol. The molecule has 29 heavy (non-hydrogen) atoms. The van der Waals surface area contributed by atoms with Crippen LogP contribution in [0.3, 0.4) is 0 Å². The summed E-state index contributed by atoms with van der Waals surface area (Å²) in [6.07, 6.45) is 3.62. The second-order valence-corrected chi connectivity index (χ2v) is 8.38. The van der Waals surface area contributed by atoms with E-state index >= 15 is 0 Å². The minimum absolute atomic E-state index is 0.402. The molecule has 1 aromatic heterocycles. The lowest BCUT2D eigenvalue weighted by Crippen LogP contribution is -2.30. The highest BCUT2D eigenvalue weighted by Crippen LogP contribution is 2.37. The van der Waals surface area contributed by atoms with Crippen molar-refractivity contribution in [3.63, 3.8) is 0 Å². The van der Waals surface area contributed by atoms with Crippen LogP contribution in [-0.2, 0) is 19.4 Å². The SMILES string of the molecule is NC(=O)c1cccc(Cc2cnc(N3CCc4cc5c(cc4C3)OCCO5)s2)c1. The number of benzene rings is 2. The number of ether oxygens (including phenoxy) is 2. The normalized spacial score (nSPS) is 15.1. The van der Waals surface area contributed by atoms with Crippen molar-refractivity contribution in [2.24, 2.45) is 5.73 Å². The van der Waals surface area contributed by atoms with E-state index in [0.29, 0.717) is 18.8 Å². The summed E-state index contributed by atoms with van der Waals surface area (Å²) < 4.78 is 11.4. The number of carbonyl (C=O) groups is 1. The van der Waals surface area contributed by atoms with E-state index in [0.717, 1.165) is 53.0 Å². The van der Waals surface area contributed by atoms with Gasteiger partial charge in [-0.05, 0) is 47.4 Å². The lowest BCUT2D eigenvalue weighted by Gasteiger charge is -2.30. The van der Waals surface area contributed by atoms with Crippen LogP contribution in [0, 0.1) is 0 Å². The highest BCUT2D eigenvalue weighted by atomic mass is 32.1. The highest BCUT2D eigenvalue weighted by Gasteiger charge is 2.23. The van der Waals surface area contributed by atoms with E-state index in [1.54, 1.807) is 17.4 Å². The highest BCUT2D eigenvalue weighted by molar-refractivity contribution is 7.15. The summed E-state index contributed by atoms with van der Waals surface area (Å²) in [5, 5.41) is 1.02. The summed E-state index contributed by atoms with van der Waals surface area (Å²) in [4.78, 5) is 19.5. The molecular formula is C22H21N3O3S. The first kappa shape index (κ1) is 18.0. The van der Waals surface area contributed by atoms with Gasteiger partial charge in [0.05, 0.1) is 0 Å². The van der Waals surface area contributed by atoms with E-state index < -0.39 is 5.91 Å². The Balaban J connectivity index is 1.32.